The van der Waals surface area contributed by atoms with Crippen molar-refractivity contribution in [2.24, 2.45) is 5.41 Å². The first-order valence-electron chi connectivity index (χ1n) is 9.49. The summed E-state index contributed by atoms with van der Waals surface area (Å²) in [5, 5.41) is 3.91. The molecule has 28 heavy (non-hydrogen) atoms. The van der Waals surface area contributed by atoms with Crippen LogP contribution in [0.4, 0.5) is 0 Å². The van der Waals surface area contributed by atoms with Crippen molar-refractivity contribution in [1.82, 2.24) is 5.32 Å². The van der Waals surface area contributed by atoms with Crippen LogP contribution in [0, 0.1) is 5.41 Å². The second kappa shape index (κ2) is 8.10. The smallest absolute Gasteiger partial charge is 0.338 e. The molecule has 1 aromatic carbocycles. The predicted octanol–water partition coefficient (Wildman–Crippen LogP) is 4.31. The molecule has 0 spiro atoms. The van der Waals surface area contributed by atoms with E-state index in [0.717, 1.165) is 17.7 Å². The highest BCUT2D eigenvalue weighted by molar-refractivity contribution is 6.30. The number of ether oxygens (including phenoxy) is 2. The molecule has 0 fully saturated rings. The van der Waals surface area contributed by atoms with Crippen LogP contribution in [-0.4, -0.2) is 24.5 Å². The Morgan fingerprint density at radius 3 is 2.57 bits per heavy atom. The van der Waals surface area contributed by atoms with Crippen molar-refractivity contribution in [2.75, 3.05) is 6.61 Å². The molecule has 3 rings (SSSR count). The van der Waals surface area contributed by atoms with E-state index < -0.39 is 12.1 Å². The lowest BCUT2D eigenvalue weighted by molar-refractivity contribution is -0.140. The van der Waals surface area contributed by atoms with Crippen LogP contribution in [0.25, 0.3) is 0 Å². The SMILES string of the molecule is CCOC(=O)C1=C(C)NC2=C(C(=O)CC(C)(C)C2)[C@@H]1OCc1ccc(Cl)cc1. The van der Waals surface area contributed by atoms with Crippen LogP contribution < -0.4 is 5.32 Å². The molecule has 0 saturated carbocycles. The minimum atomic E-state index is -0.741. The van der Waals surface area contributed by atoms with Gasteiger partial charge in [-0.25, -0.2) is 4.79 Å². The Labute approximate surface area is 170 Å². The fourth-order valence-electron chi connectivity index (χ4n) is 3.78. The quantitative estimate of drug-likeness (QED) is 0.742. The van der Waals surface area contributed by atoms with Crippen molar-refractivity contribution in [3.05, 3.63) is 57.4 Å². The number of rotatable bonds is 5. The summed E-state index contributed by atoms with van der Waals surface area (Å²) in [6.45, 7) is 8.23. The molecule has 5 nitrogen and oxygen atoms in total. The van der Waals surface area contributed by atoms with Gasteiger partial charge >= 0.3 is 5.97 Å². The van der Waals surface area contributed by atoms with E-state index in [9.17, 15) is 9.59 Å². The third-order valence-corrected chi connectivity index (χ3v) is 5.26. The minimum Gasteiger partial charge on any atom is -0.462 e. The molecule has 1 N–H and O–H groups in total. The van der Waals surface area contributed by atoms with Gasteiger partial charge in [0.1, 0.15) is 6.10 Å². The number of esters is 1. The molecule has 1 atom stereocenters. The average molecular weight is 404 g/mol. The van der Waals surface area contributed by atoms with Gasteiger partial charge in [-0.15, -0.1) is 0 Å². The van der Waals surface area contributed by atoms with Crippen molar-refractivity contribution >= 4 is 23.4 Å². The molecule has 1 heterocycles. The Kier molecular flexibility index (Phi) is 5.96. The lowest BCUT2D eigenvalue weighted by atomic mass is 9.72. The fourth-order valence-corrected chi connectivity index (χ4v) is 3.91. The fraction of sp³-hybridized carbons (Fsp3) is 0.455. The molecule has 0 aromatic heterocycles. The van der Waals surface area contributed by atoms with Gasteiger partial charge in [0, 0.05) is 28.4 Å². The maximum absolute atomic E-state index is 13.0. The van der Waals surface area contributed by atoms with Gasteiger partial charge < -0.3 is 14.8 Å². The van der Waals surface area contributed by atoms with E-state index in [1.54, 1.807) is 19.1 Å². The number of ketones is 1. The van der Waals surface area contributed by atoms with E-state index in [2.05, 4.69) is 19.2 Å². The number of hydrogen-bond acceptors (Lipinski definition) is 5. The molecule has 6 heteroatoms. The van der Waals surface area contributed by atoms with E-state index >= 15 is 0 Å². The van der Waals surface area contributed by atoms with Gasteiger partial charge in [-0.05, 0) is 43.4 Å². The first-order chi connectivity index (χ1) is 13.2. The summed E-state index contributed by atoms with van der Waals surface area (Å²) in [4.78, 5) is 25.6. The number of halogens is 1. The summed E-state index contributed by atoms with van der Waals surface area (Å²) in [5.41, 5.74) is 3.20. The van der Waals surface area contributed by atoms with Gasteiger partial charge in [-0.1, -0.05) is 37.6 Å². The monoisotopic (exact) mass is 403 g/mol. The molecule has 150 valence electrons. The summed E-state index contributed by atoms with van der Waals surface area (Å²) in [6.07, 6.45) is 0.404. The van der Waals surface area contributed by atoms with E-state index in [0.29, 0.717) is 28.3 Å². The molecule has 0 bridgehead atoms. The van der Waals surface area contributed by atoms with E-state index in [1.165, 1.54) is 0 Å². The minimum absolute atomic E-state index is 0.00848. The van der Waals surface area contributed by atoms with Crippen LogP contribution in [0.3, 0.4) is 0 Å². The Morgan fingerprint density at radius 2 is 1.93 bits per heavy atom. The van der Waals surface area contributed by atoms with Crippen molar-refractivity contribution < 1.29 is 19.1 Å². The van der Waals surface area contributed by atoms with Crippen molar-refractivity contribution in [3.8, 4) is 0 Å². The Hall–Kier alpha value is -2.11. The van der Waals surface area contributed by atoms with Gasteiger partial charge in [0.25, 0.3) is 0 Å². The zero-order valence-corrected chi connectivity index (χ0v) is 17.5. The number of nitrogens with one attached hydrogen (secondary N) is 1. The molecule has 0 saturated heterocycles. The number of carbonyl (C=O) groups excluding carboxylic acids is 2. The van der Waals surface area contributed by atoms with Crippen molar-refractivity contribution in [3.63, 3.8) is 0 Å². The molecule has 1 aromatic rings. The summed E-state index contributed by atoms with van der Waals surface area (Å²) in [7, 11) is 0. The second-order valence-corrected chi connectivity index (χ2v) is 8.47. The second-order valence-electron chi connectivity index (χ2n) is 8.03. The number of benzene rings is 1. The topological polar surface area (TPSA) is 64.6 Å². The highest BCUT2D eigenvalue weighted by Crippen LogP contribution is 2.41. The molecular formula is C22H26ClNO4. The van der Waals surface area contributed by atoms with Gasteiger partial charge in [-0.2, -0.15) is 0 Å². The van der Waals surface area contributed by atoms with Crippen LogP contribution in [-0.2, 0) is 25.7 Å². The van der Waals surface area contributed by atoms with Crippen LogP contribution in [0.5, 0.6) is 0 Å². The van der Waals surface area contributed by atoms with E-state index in [4.69, 9.17) is 21.1 Å². The zero-order valence-electron chi connectivity index (χ0n) is 16.7. The Morgan fingerprint density at radius 1 is 1.25 bits per heavy atom. The number of allylic oxidation sites excluding steroid dienone is 2. The number of hydrogen-bond donors (Lipinski definition) is 1. The molecule has 0 radical (unpaired) electrons. The summed E-state index contributed by atoms with van der Waals surface area (Å²) in [6, 6.07) is 7.31. The first-order valence-corrected chi connectivity index (χ1v) is 9.87. The van der Waals surface area contributed by atoms with E-state index in [1.807, 2.05) is 19.1 Å². The van der Waals surface area contributed by atoms with Crippen molar-refractivity contribution in [1.29, 1.82) is 0 Å². The third kappa shape index (κ3) is 4.31. The number of carbonyl (C=O) groups is 2. The molecule has 2 aliphatic rings. The molecular weight excluding hydrogens is 378 g/mol. The normalized spacial score (nSPS) is 21.3. The van der Waals surface area contributed by atoms with Crippen LogP contribution in [0.1, 0.15) is 46.1 Å². The predicted molar refractivity (Wildman–Crippen MR) is 108 cm³/mol. The first kappa shape index (κ1) is 20.6. The number of dihydropyridines is 1. The highest BCUT2D eigenvalue weighted by atomic mass is 35.5. The van der Waals surface area contributed by atoms with E-state index in [-0.39, 0.29) is 24.4 Å². The van der Waals surface area contributed by atoms with Crippen LogP contribution in [0.2, 0.25) is 5.02 Å². The largest absolute Gasteiger partial charge is 0.462 e. The lowest BCUT2D eigenvalue weighted by Crippen LogP contribution is -2.42. The lowest BCUT2D eigenvalue weighted by Gasteiger charge is -2.39. The van der Waals surface area contributed by atoms with Gasteiger partial charge in [0.15, 0.2) is 5.78 Å². The highest BCUT2D eigenvalue weighted by Gasteiger charge is 2.43. The molecule has 0 unspecified atom stereocenters. The summed E-state index contributed by atoms with van der Waals surface area (Å²) < 4.78 is 11.4. The number of Topliss-reactive ketones (excluding diaryl/α,β-unsaturated/α-hetero) is 1. The van der Waals surface area contributed by atoms with Gasteiger partial charge in [0.05, 0.1) is 18.8 Å². The van der Waals surface area contributed by atoms with Crippen LogP contribution >= 0.6 is 11.6 Å². The van der Waals surface area contributed by atoms with Crippen molar-refractivity contribution in [2.45, 2.75) is 53.2 Å². The summed E-state index contributed by atoms with van der Waals surface area (Å²) >= 11 is 5.95. The molecule has 1 aliphatic carbocycles. The maximum Gasteiger partial charge on any atom is 0.338 e. The standard InChI is InChI=1S/C22H26ClNO4/c1-5-27-21(26)18-13(2)24-16-10-22(3,4)11-17(25)19(16)20(18)28-12-14-6-8-15(23)9-7-14/h6-9,20,24H,5,10-12H2,1-4H3/t20-/m1/s1. The van der Waals surface area contributed by atoms with Crippen LogP contribution in [0.15, 0.2) is 46.8 Å². The zero-order chi connectivity index (χ0) is 20.5. The van der Waals surface area contributed by atoms with Gasteiger partial charge in [0.2, 0.25) is 0 Å². The van der Waals surface area contributed by atoms with Gasteiger partial charge in [-0.3, -0.25) is 4.79 Å². The summed E-state index contributed by atoms with van der Waals surface area (Å²) in [5.74, 6) is -0.452. The molecule has 0 amide bonds. The Bertz CT molecular complexity index is 852. The molecule has 1 aliphatic heterocycles. The maximum atomic E-state index is 13.0. The third-order valence-electron chi connectivity index (χ3n) is 5.01. The Balaban J connectivity index is 1.95. The average Bonchev–Trinajstić information content (AvgIpc) is 2.59.